The molecule has 0 aliphatic heterocycles. The molecule has 2 aromatic carbocycles. The average Bonchev–Trinajstić information content (AvgIpc) is 2.29. The summed E-state index contributed by atoms with van der Waals surface area (Å²) in [5.41, 5.74) is 1.23. The maximum Gasteiger partial charge on any atom is 0.0799 e. The predicted octanol–water partition coefficient (Wildman–Crippen LogP) is 4.31. The van der Waals surface area contributed by atoms with Gasteiger partial charge in [0.2, 0.25) is 0 Å². The summed E-state index contributed by atoms with van der Waals surface area (Å²) in [6, 6.07) is 12.5. The van der Waals surface area contributed by atoms with Gasteiger partial charge in [-0.25, -0.2) is 0 Å². The number of benzene rings is 2. The quantitative estimate of drug-likeness (QED) is 0.786. The summed E-state index contributed by atoms with van der Waals surface area (Å²) in [6.45, 7) is 2.07. The molecule has 0 heterocycles. The monoisotopic (exact) mass is 264 g/mol. The first-order valence-electron chi connectivity index (χ1n) is 4.94. The molecule has 0 fully saturated rings. The van der Waals surface area contributed by atoms with Gasteiger partial charge in [0.25, 0.3) is 0 Å². The molecule has 15 heavy (non-hydrogen) atoms. The molecule has 0 aliphatic carbocycles. The van der Waals surface area contributed by atoms with Crippen LogP contribution in [0.5, 0.6) is 0 Å². The first-order chi connectivity index (χ1) is 7.24. The zero-order valence-electron chi connectivity index (χ0n) is 8.83. The minimum atomic E-state index is 0.128. The molecule has 0 amide bonds. The number of hydrogen-bond acceptors (Lipinski definition) is 1. The van der Waals surface area contributed by atoms with Gasteiger partial charge in [-0.05, 0) is 29.3 Å². The summed E-state index contributed by atoms with van der Waals surface area (Å²) < 4.78 is 6.50. The SMILES string of the molecule is CO[C@H](C)c1ccc(Br)c2ccccc12. The van der Waals surface area contributed by atoms with Gasteiger partial charge in [0.05, 0.1) is 6.10 Å². The molecular weight excluding hydrogens is 252 g/mol. The van der Waals surface area contributed by atoms with Gasteiger partial charge in [-0.3, -0.25) is 0 Å². The summed E-state index contributed by atoms with van der Waals surface area (Å²) >= 11 is 3.56. The second-order valence-electron chi connectivity index (χ2n) is 3.56. The smallest absolute Gasteiger partial charge is 0.0799 e. The van der Waals surface area contributed by atoms with Crippen molar-refractivity contribution in [1.82, 2.24) is 0 Å². The Morgan fingerprint density at radius 2 is 1.73 bits per heavy atom. The van der Waals surface area contributed by atoms with Crippen LogP contribution >= 0.6 is 15.9 Å². The Hall–Kier alpha value is -0.860. The summed E-state index contributed by atoms with van der Waals surface area (Å²) in [6.07, 6.45) is 0.128. The van der Waals surface area contributed by atoms with Gasteiger partial charge >= 0.3 is 0 Å². The lowest BCUT2D eigenvalue weighted by Crippen LogP contribution is -1.96. The van der Waals surface area contributed by atoms with Crippen LogP contribution < -0.4 is 0 Å². The number of halogens is 1. The van der Waals surface area contributed by atoms with Crippen LogP contribution in [0.4, 0.5) is 0 Å². The highest BCUT2D eigenvalue weighted by atomic mass is 79.9. The summed E-state index contributed by atoms with van der Waals surface area (Å²) in [7, 11) is 1.74. The summed E-state index contributed by atoms with van der Waals surface area (Å²) in [5.74, 6) is 0. The molecule has 0 bridgehead atoms. The van der Waals surface area contributed by atoms with Crippen molar-refractivity contribution < 1.29 is 4.74 Å². The number of hydrogen-bond donors (Lipinski definition) is 0. The zero-order valence-corrected chi connectivity index (χ0v) is 10.4. The van der Waals surface area contributed by atoms with Crippen LogP contribution in [-0.4, -0.2) is 7.11 Å². The molecule has 2 rings (SSSR count). The third kappa shape index (κ3) is 1.92. The topological polar surface area (TPSA) is 9.23 Å². The second kappa shape index (κ2) is 4.33. The van der Waals surface area contributed by atoms with Gasteiger partial charge in [-0.2, -0.15) is 0 Å². The van der Waals surface area contributed by atoms with Gasteiger partial charge in [0.1, 0.15) is 0 Å². The molecule has 1 atom stereocenters. The molecule has 0 saturated heterocycles. The van der Waals surface area contributed by atoms with Crippen molar-refractivity contribution in [2.75, 3.05) is 7.11 Å². The summed E-state index contributed by atoms with van der Waals surface area (Å²) in [5, 5.41) is 2.49. The van der Waals surface area contributed by atoms with E-state index in [1.54, 1.807) is 7.11 Å². The van der Waals surface area contributed by atoms with Gasteiger partial charge in [0.15, 0.2) is 0 Å². The molecule has 0 radical (unpaired) electrons. The number of rotatable bonds is 2. The lowest BCUT2D eigenvalue weighted by molar-refractivity contribution is 0.121. The predicted molar refractivity (Wildman–Crippen MR) is 67.1 cm³/mol. The fourth-order valence-corrected chi connectivity index (χ4v) is 2.24. The molecular formula is C13H13BrO. The van der Waals surface area contributed by atoms with Crippen LogP contribution in [-0.2, 0) is 4.74 Å². The van der Waals surface area contributed by atoms with Crippen LogP contribution in [0.1, 0.15) is 18.6 Å². The zero-order chi connectivity index (χ0) is 10.8. The largest absolute Gasteiger partial charge is 0.377 e. The van der Waals surface area contributed by atoms with E-state index in [1.165, 1.54) is 16.3 Å². The van der Waals surface area contributed by atoms with E-state index in [9.17, 15) is 0 Å². The molecule has 0 aromatic heterocycles. The third-order valence-corrected chi connectivity index (χ3v) is 3.39. The Kier molecular flexibility index (Phi) is 3.08. The highest BCUT2D eigenvalue weighted by Gasteiger charge is 2.09. The summed E-state index contributed by atoms with van der Waals surface area (Å²) in [4.78, 5) is 0. The van der Waals surface area contributed by atoms with Gasteiger partial charge in [-0.15, -0.1) is 0 Å². The number of ether oxygens (including phenoxy) is 1. The fraction of sp³-hybridized carbons (Fsp3) is 0.231. The second-order valence-corrected chi connectivity index (χ2v) is 4.41. The number of methoxy groups -OCH3 is 1. The van der Waals surface area contributed by atoms with E-state index in [1.807, 2.05) is 6.07 Å². The first-order valence-corrected chi connectivity index (χ1v) is 5.73. The maximum absolute atomic E-state index is 5.37. The van der Waals surface area contributed by atoms with E-state index < -0.39 is 0 Å². The van der Waals surface area contributed by atoms with Crippen molar-refractivity contribution in [1.29, 1.82) is 0 Å². The molecule has 0 unspecified atom stereocenters. The molecule has 0 saturated carbocycles. The van der Waals surface area contributed by atoms with Gasteiger partial charge < -0.3 is 4.74 Å². The third-order valence-electron chi connectivity index (χ3n) is 2.70. The van der Waals surface area contributed by atoms with Gasteiger partial charge in [0, 0.05) is 11.6 Å². The lowest BCUT2D eigenvalue weighted by atomic mass is 10.0. The lowest BCUT2D eigenvalue weighted by Gasteiger charge is -2.13. The Morgan fingerprint density at radius 1 is 1.07 bits per heavy atom. The molecule has 0 aliphatic rings. The Balaban J connectivity index is 2.71. The van der Waals surface area contributed by atoms with Crippen LogP contribution in [0.25, 0.3) is 10.8 Å². The van der Waals surface area contributed by atoms with Crippen molar-refractivity contribution in [3.63, 3.8) is 0 Å². The minimum absolute atomic E-state index is 0.128. The van der Waals surface area contributed by atoms with Crippen molar-refractivity contribution in [2.24, 2.45) is 0 Å². The van der Waals surface area contributed by atoms with Gasteiger partial charge in [-0.1, -0.05) is 46.3 Å². The molecule has 0 spiro atoms. The molecule has 0 N–H and O–H groups in total. The highest BCUT2D eigenvalue weighted by Crippen LogP contribution is 2.30. The van der Waals surface area contributed by atoms with Crippen LogP contribution in [0.2, 0.25) is 0 Å². The molecule has 2 aromatic rings. The first kappa shape index (κ1) is 10.7. The van der Waals surface area contributed by atoms with E-state index >= 15 is 0 Å². The van der Waals surface area contributed by atoms with E-state index in [2.05, 4.69) is 53.2 Å². The standard InChI is InChI=1S/C13H13BrO/c1-9(15-2)10-7-8-13(14)12-6-4-3-5-11(10)12/h3-9H,1-2H3/t9-/m1/s1. The molecule has 78 valence electrons. The fourth-order valence-electron chi connectivity index (χ4n) is 1.77. The van der Waals surface area contributed by atoms with E-state index in [4.69, 9.17) is 4.74 Å². The Bertz CT molecular complexity index is 479. The van der Waals surface area contributed by atoms with Crippen LogP contribution in [0.3, 0.4) is 0 Å². The van der Waals surface area contributed by atoms with Crippen molar-refractivity contribution >= 4 is 26.7 Å². The van der Waals surface area contributed by atoms with Crippen molar-refractivity contribution in [3.8, 4) is 0 Å². The van der Waals surface area contributed by atoms with Crippen molar-refractivity contribution in [2.45, 2.75) is 13.0 Å². The van der Waals surface area contributed by atoms with E-state index in [0.717, 1.165) is 4.47 Å². The van der Waals surface area contributed by atoms with Crippen LogP contribution in [0, 0.1) is 0 Å². The minimum Gasteiger partial charge on any atom is -0.377 e. The molecule has 2 heteroatoms. The molecule has 1 nitrogen and oxygen atoms in total. The Morgan fingerprint density at radius 3 is 2.40 bits per heavy atom. The normalized spacial score (nSPS) is 13.0. The van der Waals surface area contributed by atoms with Crippen molar-refractivity contribution in [3.05, 3.63) is 46.4 Å². The maximum atomic E-state index is 5.37. The highest BCUT2D eigenvalue weighted by molar-refractivity contribution is 9.10. The van der Waals surface area contributed by atoms with E-state index in [0.29, 0.717) is 0 Å². The number of fused-ring (bicyclic) bond motifs is 1. The average molecular weight is 265 g/mol. The van der Waals surface area contributed by atoms with E-state index in [-0.39, 0.29) is 6.10 Å². The van der Waals surface area contributed by atoms with Crippen LogP contribution in [0.15, 0.2) is 40.9 Å². The Labute approximate surface area is 98.2 Å².